The lowest BCUT2D eigenvalue weighted by atomic mass is 10.1. The number of amides is 1. The number of carbonyl (C=O) groups excluding carboxylic acids is 1. The first kappa shape index (κ1) is 17.2. The van der Waals surface area contributed by atoms with E-state index in [9.17, 15) is 4.79 Å². The molecule has 0 aliphatic rings. The molecule has 0 spiro atoms. The zero-order valence-electron chi connectivity index (χ0n) is 13.9. The van der Waals surface area contributed by atoms with Crippen LogP contribution < -0.4 is 5.32 Å². The second-order valence-electron chi connectivity index (χ2n) is 5.69. The van der Waals surface area contributed by atoms with E-state index in [4.69, 9.17) is 0 Å². The molecule has 1 N–H and O–H groups in total. The Morgan fingerprint density at radius 1 is 0.880 bits per heavy atom. The molecule has 0 fully saturated rings. The van der Waals surface area contributed by atoms with Gasteiger partial charge < -0.3 is 5.32 Å². The van der Waals surface area contributed by atoms with Gasteiger partial charge in [0.05, 0.1) is 0 Å². The highest BCUT2D eigenvalue weighted by molar-refractivity contribution is 7.99. The molecule has 0 saturated heterocycles. The van der Waals surface area contributed by atoms with Gasteiger partial charge in [-0.2, -0.15) is 0 Å². The van der Waals surface area contributed by atoms with Crippen molar-refractivity contribution in [2.75, 3.05) is 11.1 Å². The largest absolute Gasteiger partial charge is 0.326 e. The van der Waals surface area contributed by atoms with Crippen molar-refractivity contribution in [1.29, 1.82) is 0 Å². The molecule has 4 heteroatoms. The Labute approximate surface area is 152 Å². The van der Waals surface area contributed by atoms with Crippen molar-refractivity contribution in [1.82, 2.24) is 4.98 Å². The normalized spacial score (nSPS) is 10.4. The molecule has 1 amide bonds. The summed E-state index contributed by atoms with van der Waals surface area (Å²) >= 11 is 1.70. The van der Waals surface area contributed by atoms with Crippen LogP contribution in [0.25, 0.3) is 0 Å². The molecule has 3 aromatic rings. The minimum Gasteiger partial charge on any atom is -0.326 e. The lowest BCUT2D eigenvalue weighted by Crippen LogP contribution is -2.12. The van der Waals surface area contributed by atoms with Gasteiger partial charge in [-0.15, -0.1) is 11.8 Å². The van der Waals surface area contributed by atoms with E-state index in [0.717, 1.165) is 17.9 Å². The van der Waals surface area contributed by atoms with E-state index >= 15 is 0 Å². The molecule has 126 valence electrons. The molecule has 1 aromatic heterocycles. The van der Waals surface area contributed by atoms with Gasteiger partial charge in [0.2, 0.25) is 5.91 Å². The molecule has 1 heterocycles. The van der Waals surface area contributed by atoms with Crippen LogP contribution in [0.4, 0.5) is 5.69 Å². The number of rotatable bonds is 7. The fourth-order valence-electron chi connectivity index (χ4n) is 2.44. The van der Waals surface area contributed by atoms with Gasteiger partial charge >= 0.3 is 0 Å². The van der Waals surface area contributed by atoms with Gasteiger partial charge in [-0.25, -0.2) is 0 Å². The number of carbonyl (C=O) groups is 1. The van der Waals surface area contributed by atoms with Gasteiger partial charge in [-0.3, -0.25) is 9.78 Å². The molecule has 0 atom stereocenters. The summed E-state index contributed by atoms with van der Waals surface area (Å²) in [5, 5.41) is 2.96. The summed E-state index contributed by atoms with van der Waals surface area (Å²) in [5.41, 5.74) is 3.28. The van der Waals surface area contributed by atoms with Crippen LogP contribution in [0.1, 0.15) is 17.5 Å². The first-order valence-corrected chi connectivity index (χ1v) is 9.24. The minimum atomic E-state index is 0.0466. The lowest BCUT2D eigenvalue weighted by Gasteiger charge is -2.07. The third kappa shape index (κ3) is 5.76. The Kier molecular flexibility index (Phi) is 6.23. The first-order valence-electron chi connectivity index (χ1n) is 8.25. The SMILES string of the molecule is O=C(CCSc1ccccc1)Nc1ccc(Cc2ccncc2)cc1. The topological polar surface area (TPSA) is 42.0 Å². The Balaban J connectivity index is 1.45. The van der Waals surface area contributed by atoms with E-state index in [1.54, 1.807) is 24.2 Å². The highest BCUT2D eigenvalue weighted by Gasteiger charge is 2.04. The fourth-order valence-corrected chi connectivity index (χ4v) is 3.32. The maximum absolute atomic E-state index is 12.0. The Hall–Kier alpha value is -2.59. The first-order chi connectivity index (χ1) is 12.3. The quantitative estimate of drug-likeness (QED) is 0.624. The molecule has 25 heavy (non-hydrogen) atoms. The molecule has 0 unspecified atom stereocenters. The Morgan fingerprint density at radius 2 is 1.56 bits per heavy atom. The fraction of sp³-hybridized carbons (Fsp3) is 0.143. The summed E-state index contributed by atoms with van der Waals surface area (Å²) in [6, 6.07) is 22.2. The van der Waals surface area contributed by atoms with Crippen LogP contribution in [0, 0.1) is 0 Å². The smallest absolute Gasteiger partial charge is 0.225 e. The monoisotopic (exact) mass is 348 g/mol. The van der Waals surface area contributed by atoms with Gasteiger partial charge in [0.25, 0.3) is 0 Å². The van der Waals surface area contributed by atoms with E-state index in [1.165, 1.54) is 16.0 Å². The summed E-state index contributed by atoms with van der Waals surface area (Å²) in [6.45, 7) is 0. The zero-order chi connectivity index (χ0) is 17.3. The van der Waals surface area contributed by atoms with Gasteiger partial charge in [-0.05, 0) is 53.9 Å². The Bertz CT molecular complexity index is 789. The summed E-state index contributed by atoms with van der Waals surface area (Å²) in [5.74, 6) is 0.820. The molecular formula is C21H20N2OS. The van der Waals surface area contributed by atoms with Crippen LogP contribution in [-0.4, -0.2) is 16.6 Å². The molecular weight excluding hydrogens is 328 g/mol. The molecule has 3 nitrogen and oxygen atoms in total. The third-order valence-electron chi connectivity index (χ3n) is 3.74. The average Bonchev–Trinajstić information content (AvgIpc) is 2.65. The standard InChI is InChI=1S/C21H20N2OS/c24-21(12-15-25-20-4-2-1-3-5-20)23-19-8-6-17(7-9-19)16-18-10-13-22-14-11-18/h1-11,13-14H,12,15-16H2,(H,23,24). The van der Waals surface area contributed by atoms with Crippen molar-refractivity contribution < 1.29 is 4.79 Å². The number of benzene rings is 2. The van der Waals surface area contributed by atoms with E-state index < -0.39 is 0 Å². The highest BCUT2D eigenvalue weighted by Crippen LogP contribution is 2.18. The van der Waals surface area contributed by atoms with Crippen LogP contribution in [0.15, 0.2) is 84.0 Å². The highest BCUT2D eigenvalue weighted by atomic mass is 32.2. The molecule has 3 rings (SSSR count). The van der Waals surface area contributed by atoms with Gasteiger partial charge in [-0.1, -0.05) is 30.3 Å². The van der Waals surface area contributed by atoms with Crippen LogP contribution in [0.2, 0.25) is 0 Å². The number of pyridine rings is 1. The van der Waals surface area contributed by atoms with Gasteiger partial charge in [0.15, 0.2) is 0 Å². The van der Waals surface area contributed by atoms with Gasteiger partial charge in [0.1, 0.15) is 0 Å². The predicted octanol–water partition coefficient (Wildman–Crippen LogP) is 4.79. The summed E-state index contributed by atoms with van der Waals surface area (Å²) in [7, 11) is 0. The summed E-state index contributed by atoms with van der Waals surface area (Å²) in [6.07, 6.45) is 4.97. The number of nitrogens with one attached hydrogen (secondary N) is 1. The molecule has 2 aromatic carbocycles. The molecule has 0 aliphatic carbocycles. The van der Waals surface area contributed by atoms with E-state index in [2.05, 4.69) is 34.6 Å². The maximum Gasteiger partial charge on any atom is 0.225 e. The lowest BCUT2D eigenvalue weighted by molar-refractivity contribution is -0.115. The predicted molar refractivity (Wildman–Crippen MR) is 104 cm³/mol. The van der Waals surface area contributed by atoms with Crippen LogP contribution in [-0.2, 0) is 11.2 Å². The van der Waals surface area contributed by atoms with E-state index in [0.29, 0.717) is 6.42 Å². The minimum absolute atomic E-state index is 0.0466. The molecule has 0 saturated carbocycles. The number of aromatic nitrogens is 1. The number of thioether (sulfide) groups is 1. The van der Waals surface area contributed by atoms with Crippen molar-refractivity contribution in [3.63, 3.8) is 0 Å². The average molecular weight is 348 g/mol. The molecule has 0 bridgehead atoms. The van der Waals surface area contributed by atoms with Crippen molar-refractivity contribution in [2.45, 2.75) is 17.7 Å². The van der Waals surface area contributed by atoms with Crippen molar-refractivity contribution >= 4 is 23.4 Å². The van der Waals surface area contributed by atoms with E-state index in [-0.39, 0.29) is 5.91 Å². The second-order valence-corrected chi connectivity index (χ2v) is 6.86. The summed E-state index contributed by atoms with van der Waals surface area (Å²) in [4.78, 5) is 17.3. The number of anilines is 1. The maximum atomic E-state index is 12.0. The van der Waals surface area contributed by atoms with Gasteiger partial charge in [0, 0.05) is 35.2 Å². The third-order valence-corrected chi connectivity index (χ3v) is 4.75. The Morgan fingerprint density at radius 3 is 2.28 bits per heavy atom. The second kappa shape index (κ2) is 9.04. The molecule has 0 aliphatic heterocycles. The summed E-state index contributed by atoms with van der Waals surface area (Å²) < 4.78 is 0. The number of nitrogens with zero attached hydrogens (tertiary/aromatic N) is 1. The number of hydrogen-bond donors (Lipinski definition) is 1. The number of hydrogen-bond acceptors (Lipinski definition) is 3. The van der Waals surface area contributed by atoms with Crippen molar-refractivity contribution in [3.05, 3.63) is 90.3 Å². The molecule has 0 radical (unpaired) electrons. The zero-order valence-corrected chi connectivity index (χ0v) is 14.7. The van der Waals surface area contributed by atoms with E-state index in [1.807, 2.05) is 42.5 Å². The van der Waals surface area contributed by atoms with Crippen molar-refractivity contribution in [3.8, 4) is 0 Å². The van der Waals surface area contributed by atoms with Crippen LogP contribution in [0.5, 0.6) is 0 Å². The van der Waals surface area contributed by atoms with Crippen molar-refractivity contribution in [2.24, 2.45) is 0 Å². The van der Waals surface area contributed by atoms with Crippen LogP contribution in [0.3, 0.4) is 0 Å². The van der Waals surface area contributed by atoms with Crippen LogP contribution >= 0.6 is 11.8 Å².